The van der Waals surface area contributed by atoms with Crippen LogP contribution in [0.2, 0.25) is 0 Å². The summed E-state index contributed by atoms with van der Waals surface area (Å²) in [6, 6.07) is 0. The summed E-state index contributed by atoms with van der Waals surface area (Å²) in [6.07, 6.45) is 3.78. The molecule has 0 aromatic carbocycles. The lowest BCUT2D eigenvalue weighted by Crippen LogP contribution is -2.13. The van der Waals surface area contributed by atoms with Gasteiger partial charge in [-0.15, -0.1) is 0 Å². The van der Waals surface area contributed by atoms with Crippen molar-refractivity contribution in [1.29, 1.82) is 0 Å². The van der Waals surface area contributed by atoms with Crippen LogP contribution in [0.25, 0.3) is 0 Å². The number of oxime groups is 1. The molecule has 1 aliphatic carbocycles. The van der Waals surface area contributed by atoms with E-state index in [1.807, 2.05) is 6.92 Å². The minimum absolute atomic E-state index is 0.546. The van der Waals surface area contributed by atoms with Gasteiger partial charge in [0.15, 0.2) is 0 Å². The molecule has 0 aliphatic heterocycles. The summed E-state index contributed by atoms with van der Waals surface area (Å²) in [5.41, 5.74) is 0.907. The van der Waals surface area contributed by atoms with Crippen molar-refractivity contribution >= 4 is 5.71 Å². The second-order valence-corrected chi connectivity index (χ2v) is 3.26. The van der Waals surface area contributed by atoms with Gasteiger partial charge in [0.2, 0.25) is 0 Å². The molecule has 0 aromatic rings. The van der Waals surface area contributed by atoms with E-state index in [0.29, 0.717) is 5.92 Å². The Kier molecular flexibility index (Phi) is 2.30. The molecule has 2 nitrogen and oxygen atoms in total. The van der Waals surface area contributed by atoms with Gasteiger partial charge in [0, 0.05) is 5.92 Å². The number of hydrogen-bond donors (Lipinski definition) is 1. The smallest absolute Gasteiger partial charge is 0.0573 e. The van der Waals surface area contributed by atoms with Gasteiger partial charge in [-0.05, 0) is 19.3 Å². The van der Waals surface area contributed by atoms with Gasteiger partial charge in [-0.1, -0.05) is 24.9 Å². The largest absolute Gasteiger partial charge is 0.411 e. The fourth-order valence-corrected chi connectivity index (χ4v) is 1.84. The summed E-state index contributed by atoms with van der Waals surface area (Å²) >= 11 is 0. The van der Waals surface area contributed by atoms with Crippen LogP contribution in [0.15, 0.2) is 5.16 Å². The lowest BCUT2D eigenvalue weighted by Gasteiger charge is -2.12. The van der Waals surface area contributed by atoms with E-state index >= 15 is 0 Å². The molecular formula is C8H15NO. The van der Waals surface area contributed by atoms with Gasteiger partial charge in [-0.3, -0.25) is 0 Å². The highest BCUT2D eigenvalue weighted by Crippen LogP contribution is 2.31. The average Bonchev–Trinajstić information content (AvgIpc) is 2.34. The summed E-state index contributed by atoms with van der Waals surface area (Å²) in [7, 11) is 0. The summed E-state index contributed by atoms with van der Waals surface area (Å²) in [5, 5.41) is 11.7. The van der Waals surface area contributed by atoms with Crippen LogP contribution in [0, 0.1) is 11.8 Å². The quantitative estimate of drug-likeness (QED) is 0.339. The van der Waals surface area contributed by atoms with E-state index in [0.717, 1.165) is 11.6 Å². The van der Waals surface area contributed by atoms with E-state index in [9.17, 15) is 0 Å². The highest BCUT2D eigenvalue weighted by atomic mass is 16.4. The first kappa shape index (κ1) is 7.58. The lowest BCUT2D eigenvalue weighted by molar-refractivity contribution is 0.312. The van der Waals surface area contributed by atoms with Crippen LogP contribution in [0.5, 0.6) is 0 Å². The zero-order valence-corrected chi connectivity index (χ0v) is 6.67. The molecular weight excluding hydrogens is 126 g/mol. The SMILES string of the molecule is C/C(=N\O)C1CCCC1C. The molecule has 2 heteroatoms. The van der Waals surface area contributed by atoms with E-state index in [1.165, 1.54) is 19.3 Å². The van der Waals surface area contributed by atoms with Gasteiger partial charge in [0.25, 0.3) is 0 Å². The van der Waals surface area contributed by atoms with Gasteiger partial charge >= 0.3 is 0 Å². The third-order valence-corrected chi connectivity index (χ3v) is 2.56. The molecule has 1 aliphatic rings. The zero-order valence-electron chi connectivity index (χ0n) is 6.67. The summed E-state index contributed by atoms with van der Waals surface area (Å²) in [4.78, 5) is 0. The molecule has 0 heterocycles. The summed E-state index contributed by atoms with van der Waals surface area (Å²) in [6.45, 7) is 4.14. The van der Waals surface area contributed by atoms with Crippen LogP contribution in [-0.4, -0.2) is 10.9 Å². The molecule has 0 radical (unpaired) electrons. The summed E-state index contributed by atoms with van der Waals surface area (Å²) in [5.74, 6) is 1.26. The van der Waals surface area contributed by atoms with Crippen molar-refractivity contribution < 1.29 is 5.21 Å². The van der Waals surface area contributed by atoms with E-state index < -0.39 is 0 Å². The highest BCUT2D eigenvalue weighted by molar-refractivity contribution is 5.84. The van der Waals surface area contributed by atoms with Gasteiger partial charge in [-0.2, -0.15) is 0 Å². The average molecular weight is 141 g/mol. The standard InChI is InChI=1S/C8H15NO/c1-6-4-3-5-8(6)7(2)9-10/h6,8,10H,3-5H2,1-2H3/b9-7+. The molecule has 2 unspecified atom stereocenters. The molecule has 1 saturated carbocycles. The minimum atomic E-state index is 0.546. The van der Waals surface area contributed by atoms with Crippen LogP contribution < -0.4 is 0 Å². The normalized spacial score (nSPS) is 34.8. The lowest BCUT2D eigenvalue weighted by atomic mass is 9.94. The van der Waals surface area contributed by atoms with E-state index in [-0.39, 0.29) is 0 Å². The van der Waals surface area contributed by atoms with Crippen LogP contribution in [0.3, 0.4) is 0 Å². The van der Waals surface area contributed by atoms with Crippen molar-refractivity contribution in [3.05, 3.63) is 0 Å². The van der Waals surface area contributed by atoms with Gasteiger partial charge in [-0.25, -0.2) is 0 Å². The first-order valence-corrected chi connectivity index (χ1v) is 3.94. The molecule has 1 fully saturated rings. The van der Waals surface area contributed by atoms with E-state index in [1.54, 1.807) is 0 Å². The molecule has 0 aromatic heterocycles. The Morgan fingerprint density at radius 1 is 1.50 bits per heavy atom. The van der Waals surface area contributed by atoms with Gasteiger partial charge in [0.05, 0.1) is 5.71 Å². The third kappa shape index (κ3) is 1.31. The van der Waals surface area contributed by atoms with Crippen molar-refractivity contribution in [2.24, 2.45) is 17.0 Å². The third-order valence-electron chi connectivity index (χ3n) is 2.56. The van der Waals surface area contributed by atoms with Crippen molar-refractivity contribution in [2.75, 3.05) is 0 Å². The van der Waals surface area contributed by atoms with E-state index in [2.05, 4.69) is 12.1 Å². The maximum atomic E-state index is 8.50. The summed E-state index contributed by atoms with van der Waals surface area (Å²) < 4.78 is 0. The highest BCUT2D eigenvalue weighted by Gasteiger charge is 2.25. The van der Waals surface area contributed by atoms with Crippen molar-refractivity contribution in [1.82, 2.24) is 0 Å². The molecule has 10 heavy (non-hydrogen) atoms. The molecule has 0 amide bonds. The fourth-order valence-electron chi connectivity index (χ4n) is 1.84. The maximum Gasteiger partial charge on any atom is 0.0573 e. The second-order valence-electron chi connectivity index (χ2n) is 3.26. The van der Waals surface area contributed by atoms with Crippen LogP contribution in [0.4, 0.5) is 0 Å². The first-order chi connectivity index (χ1) is 4.75. The number of nitrogens with zero attached hydrogens (tertiary/aromatic N) is 1. The molecule has 0 saturated heterocycles. The minimum Gasteiger partial charge on any atom is -0.411 e. The molecule has 1 rings (SSSR count). The Bertz CT molecular complexity index is 142. The Balaban J connectivity index is 2.55. The van der Waals surface area contributed by atoms with Crippen molar-refractivity contribution in [3.63, 3.8) is 0 Å². The predicted octanol–water partition coefficient (Wildman–Crippen LogP) is 2.27. The Labute approximate surface area is 61.9 Å². The fraction of sp³-hybridized carbons (Fsp3) is 0.875. The topological polar surface area (TPSA) is 32.6 Å². The monoisotopic (exact) mass is 141 g/mol. The Morgan fingerprint density at radius 3 is 2.60 bits per heavy atom. The second kappa shape index (κ2) is 3.04. The molecule has 2 atom stereocenters. The van der Waals surface area contributed by atoms with Crippen molar-refractivity contribution in [3.8, 4) is 0 Å². The molecule has 1 N–H and O–H groups in total. The van der Waals surface area contributed by atoms with Crippen LogP contribution in [-0.2, 0) is 0 Å². The number of rotatable bonds is 1. The van der Waals surface area contributed by atoms with Gasteiger partial charge < -0.3 is 5.21 Å². The van der Waals surface area contributed by atoms with Crippen LogP contribution in [0.1, 0.15) is 33.1 Å². The predicted molar refractivity (Wildman–Crippen MR) is 41.4 cm³/mol. The number of hydrogen-bond acceptors (Lipinski definition) is 2. The van der Waals surface area contributed by atoms with Gasteiger partial charge in [0.1, 0.15) is 0 Å². The Hall–Kier alpha value is -0.530. The van der Waals surface area contributed by atoms with E-state index in [4.69, 9.17) is 5.21 Å². The first-order valence-electron chi connectivity index (χ1n) is 3.94. The molecule has 0 spiro atoms. The molecule has 58 valence electrons. The molecule has 0 bridgehead atoms. The van der Waals surface area contributed by atoms with Crippen LogP contribution >= 0.6 is 0 Å². The van der Waals surface area contributed by atoms with Crippen molar-refractivity contribution in [2.45, 2.75) is 33.1 Å². The maximum absolute atomic E-state index is 8.50. The Morgan fingerprint density at radius 2 is 2.20 bits per heavy atom. The zero-order chi connectivity index (χ0) is 7.56.